The van der Waals surface area contributed by atoms with E-state index in [1.54, 1.807) is 13.4 Å². The van der Waals surface area contributed by atoms with Gasteiger partial charge in [0, 0.05) is 25.4 Å². The molecule has 0 radical (unpaired) electrons. The van der Waals surface area contributed by atoms with Crippen LogP contribution in [0.15, 0.2) is 77.4 Å². The summed E-state index contributed by atoms with van der Waals surface area (Å²) in [5, 5.41) is 0. The molecular formula is C25H29NO3. The minimum atomic E-state index is 0.165. The van der Waals surface area contributed by atoms with Crippen molar-refractivity contribution in [3.8, 4) is 5.75 Å². The third-order valence-corrected chi connectivity index (χ3v) is 5.21. The number of hydrogen-bond acceptors (Lipinski definition) is 3. The maximum absolute atomic E-state index is 12.6. The maximum Gasteiger partial charge on any atom is 0.222 e. The summed E-state index contributed by atoms with van der Waals surface area (Å²) in [6, 6.07) is 22.3. The molecule has 0 aliphatic rings. The largest absolute Gasteiger partial charge is 0.497 e. The molecule has 0 saturated heterocycles. The normalized spacial score (nSPS) is 11.8. The van der Waals surface area contributed by atoms with Gasteiger partial charge in [0.15, 0.2) is 0 Å². The van der Waals surface area contributed by atoms with E-state index in [1.807, 2.05) is 54.3 Å². The number of hydrogen-bond donors (Lipinski definition) is 0. The number of ether oxygens (including phenoxy) is 1. The van der Waals surface area contributed by atoms with E-state index in [1.165, 1.54) is 5.56 Å². The molecule has 0 unspecified atom stereocenters. The maximum atomic E-state index is 12.6. The third-order valence-electron chi connectivity index (χ3n) is 5.21. The van der Waals surface area contributed by atoms with Crippen LogP contribution >= 0.6 is 0 Å². The molecule has 1 aromatic heterocycles. The van der Waals surface area contributed by atoms with Crippen molar-refractivity contribution in [1.82, 2.24) is 4.90 Å². The van der Waals surface area contributed by atoms with Crippen LogP contribution in [0.2, 0.25) is 0 Å². The van der Waals surface area contributed by atoms with Crippen LogP contribution in [0.3, 0.4) is 0 Å². The lowest BCUT2D eigenvalue weighted by Crippen LogP contribution is -2.31. The predicted octanol–water partition coefficient (Wildman–Crippen LogP) is 5.44. The molecule has 152 valence electrons. The van der Waals surface area contributed by atoms with Gasteiger partial charge in [0.1, 0.15) is 11.5 Å². The first-order valence-corrected chi connectivity index (χ1v) is 10.2. The number of benzene rings is 2. The Bertz CT molecular complexity index is 857. The van der Waals surface area contributed by atoms with E-state index in [-0.39, 0.29) is 11.8 Å². The van der Waals surface area contributed by atoms with Crippen LogP contribution in [-0.2, 0) is 17.8 Å². The van der Waals surface area contributed by atoms with Gasteiger partial charge in [-0.2, -0.15) is 0 Å². The zero-order valence-corrected chi connectivity index (χ0v) is 17.2. The smallest absolute Gasteiger partial charge is 0.222 e. The number of rotatable bonds is 10. The molecule has 3 aromatic rings. The van der Waals surface area contributed by atoms with Gasteiger partial charge in [-0.1, -0.05) is 49.4 Å². The van der Waals surface area contributed by atoms with E-state index >= 15 is 0 Å². The first kappa shape index (κ1) is 20.7. The monoisotopic (exact) mass is 391 g/mol. The molecular weight excluding hydrogens is 362 g/mol. The lowest BCUT2D eigenvalue weighted by molar-refractivity contribution is -0.131. The van der Waals surface area contributed by atoms with Crippen molar-refractivity contribution < 1.29 is 13.9 Å². The summed E-state index contributed by atoms with van der Waals surface area (Å²) in [5.74, 6) is 2.19. The van der Waals surface area contributed by atoms with E-state index < -0.39 is 0 Å². The van der Waals surface area contributed by atoms with Crippen molar-refractivity contribution >= 4 is 5.91 Å². The molecule has 3 rings (SSSR count). The second-order valence-electron chi connectivity index (χ2n) is 7.21. The molecule has 1 heterocycles. The second kappa shape index (κ2) is 10.5. The van der Waals surface area contributed by atoms with Crippen LogP contribution in [0.4, 0.5) is 0 Å². The molecule has 0 N–H and O–H groups in total. The Morgan fingerprint density at radius 3 is 2.38 bits per heavy atom. The van der Waals surface area contributed by atoms with Crippen LogP contribution in [0.25, 0.3) is 0 Å². The van der Waals surface area contributed by atoms with Crippen molar-refractivity contribution in [1.29, 1.82) is 0 Å². The molecule has 0 fully saturated rings. The third kappa shape index (κ3) is 5.98. The summed E-state index contributed by atoms with van der Waals surface area (Å²) in [7, 11) is 1.66. The Morgan fingerprint density at radius 1 is 1.00 bits per heavy atom. The Kier molecular flexibility index (Phi) is 7.51. The molecule has 29 heavy (non-hydrogen) atoms. The Balaban J connectivity index is 1.70. The molecule has 2 aromatic carbocycles. The lowest BCUT2D eigenvalue weighted by Gasteiger charge is -2.25. The van der Waals surface area contributed by atoms with Gasteiger partial charge in [-0.3, -0.25) is 4.79 Å². The summed E-state index contributed by atoms with van der Waals surface area (Å²) in [4.78, 5) is 14.5. The minimum Gasteiger partial charge on any atom is -0.497 e. The van der Waals surface area contributed by atoms with Gasteiger partial charge in [-0.15, -0.1) is 0 Å². The lowest BCUT2D eigenvalue weighted by atomic mass is 9.93. The van der Waals surface area contributed by atoms with Gasteiger partial charge < -0.3 is 14.1 Å². The average Bonchev–Trinajstić information content (AvgIpc) is 3.31. The average molecular weight is 392 g/mol. The highest BCUT2D eigenvalue weighted by atomic mass is 16.5. The number of carbonyl (C=O) groups is 1. The zero-order valence-electron chi connectivity index (χ0n) is 17.2. The van der Waals surface area contributed by atoms with E-state index in [0.717, 1.165) is 29.9 Å². The fourth-order valence-corrected chi connectivity index (χ4v) is 3.55. The van der Waals surface area contributed by atoms with E-state index in [9.17, 15) is 4.79 Å². The summed E-state index contributed by atoms with van der Waals surface area (Å²) in [6.07, 6.45) is 3.97. The molecule has 0 saturated carbocycles. The highest BCUT2D eigenvalue weighted by molar-refractivity contribution is 5.75. The molecule has 0 bridgehead atoms. The Labute approximate surface area is 173 Å². The highest BCUT2D eigenvalue weighted by Gasteiger charge is 2.19. The molecule has 0 spiro atoms. The van der Waals surface area contributed by atoms with E-state index in [2.05, 4.69) is 24.3 Å². The first-order chi connectivity index (χ1) is 14.2. The minimum absolute atomic E-state index is 0.165. The van der Waals surface area contributed by atoms with Crippen molar-refractivity contribution in [3.05, 3.63) is 89.9 Å². The molecule has 4 nitrogen and oxygen atoms in total. The summed E-state index contributed by atoms with van der Waals surface area (Å²) < 4.78 is 10.9. The molecule has 1 atom stereocenters. The summed E-state index contributed by atoms with van der Waals surface area (Å²) >= 11 is 0. The topological polar surface area (TPSA) is 42.7 Å². The van der Waals surface area contributed by atoms with Gasteiger partial charge in [0.25, 0.3) is 0 Å². The number of carbonyl (C=O) groups excluding carboxylic acids is 1. The van der Waals surface area contributed by atoms with Gasteiger partial charge in [0.2, 0.25) is 5.91 Å². The fourth-order valence-electron chi connectivity index (χ4n) is 3.55. The molecule has 1 amide bonds. The molecule has 0 aliphatic heterocycles. The number of amides is 1. The van der Waals surface area contributed by atoms with Gasteiger partial charge in [-0.05, 0) is 48.2 Å². The van der Waals surface area contributed by atoms with Gasteiger partial charge >= 0.3 is 0 Å². The van der Waals surface area contributed by atoms with Gasteiger partial charge in [-0.25, -0.2) is 0 Å². The predicted molar refractivity (Wildman–Crippen MR) is 115 cm³/mol. The number of furan rings is 1. The Morgan fingerprint density at radius 2 is 1.76 bits per heavy atom. The van der Waals surface area contributed by atoms with Crippen LogP contribution in [-0.4, -0.2) is 24.5 Å². The highest BCUT2D eigenvalue weighted by Crippen LogP contribution is 2.26. The first-order valence-electron chi connectivity index (χ1n) is 10.2. The van der Waals surface area contributed by atoms with Crippen molar-refractivity contribution in [3.63, 3.8) is 0 Å². The van der Waals surface area contributed by atoms with Gasteiger partial charge in [0.05, 0.1) is 13.4 Å². The second-order valence-corrected chi connectivity index (χ2v) is 7.21. The summed E-state index contributed by atoms with van der Waals surface area (Å²) in [6.45, 7) is 3.21. The van der Waals surface area contributed by atoms with E-state index in [4.69, 9.17) is 9.15 Å². The van der Waals surface area contributed by atoms with Crippen LogP contribution in [0.1, 0.15) is 42.6 Å². The van der Waals surface area contributed by atoms with Crippen molar-refractivity contribution in [2.75, 3.05) is 13.7 Å². The van der Waals surface area contributed by atoms with Crippen LogP contribution in [0.5, 0.6) is 5.75 Å². The van der Waals surface area contributed by atoms with Crippen LogP contribution in [0, 0.1) is 0 Å². The molecule has 4 heteroatoms. The molecule has 0 aliphatic carbocycles. The summed E-state index contributed by atoms with van der Waals surface area (Å²) in [5.41, 5.74) is 2.38. The Hall–Kier alpha value is -3.01. The standard InChI is InChI=1S/C25H29NO3/c1-3-25(27)26(19-21-11-13-23(28-2)14-12-21)16-15-22(24-10-7-17-29-24)18-20-8-5-4-6-9-20/h4-14,17,22H,3,15-16,18-19H2,1-2H3/t22-/m0/s1. The van der Waals surface area contributed by atoms with E-state index in [0.29, 0.717) is 19.5 Å². The number of nitrogens with zero attached hydrogens (tertiary/aromatic N) is 1. The fraction of sp³-hybridized carbons (Fsp3) is 0.320. The van der Waals surface area contributed by atoms with Crippen molar-refractivity contribution in [2.45, 2.75) is 38.6 Å². The van der Waals surface area contributed by atoms with Crippen molar-refractivity contribution in [2.24, 2.45) is 0 Å². The van der Waals surface area contributed by atoms with Crippen LogP contribution < -0.4 is 4.74 Å². The SMILES string of the molecule is CCC(=O)N(CC[C@@H](Cc1ccccc1)c1ccco1)Cc1ccc(OC)cc1. The quantitative estimate of drug-likeness (QED) is 0.462. The zero-order chi connectivity index (χ0) is 20.5. The number of methoxy groups -OCH3 is 1.